The minimum Gasteiger partial charge on any atom is -0.368 e. The van der Waals surface area contributed by atoms with Crippen molar-refractivity contribution in [2.24, 2.45) is 5.92 Å². The number of nitrogens with two attached hydrogens (primary N) is 1. The van der Waals surface area contributed by atoms with Gasteiger partial charge in [0.1, 0.15) is 11.6 Å². The van der Waals surface area contributed by atoms with Crippen molar-refractivity contribution >= 4 is 17.6 Å². The fraction of sp³-hybridized carbons (Fsp3) is 0.471. The maximum Gasteiger partial charge on any atom is 0.222 e. The minimum atomic E-state index is 0.292. The van der Waals surface area contributed by atoms with Crippen LogP contribution in [0.15, 0.2) is 24.4 Å². The Hall–Kier alpha value is -2.37. The molecule has 6 nitrogen and oxygen atoms in total. The summed E-state index contributed by atoms with van der Waals surface area (Å²) in [5.41, 5.74) is 7.63. The van der Waals surface area contributed by atoms with Crippen LogP contribution in [0.1, 0.15) is 31.0 Å². The number of anilines is 3. The second-order valence-electron chi connectivity index (χ2n) is 6.30. The monoisotopic (exact) mass is 312 g/mol. The van der Waals surface area contributed by atoms with Crippen LogP contribution in [0, 0.1) is 12.8 Å². The Labute approximate surface area is 137 Å². The molecular weight excluding hydrogens is 288 g/mol. The zero-order valence-corrected chi connectivity index (χ0v) is 13.8. The molecule has 3 rings (SSSR count). The maximum absolute atomic E-state index is 5.66. The standard InChI is InChI=1S/C17H24N6/c1-12-5-7-23(8-6-12)16-4-3-14(11-20-16)10-19-15-9-13(2)21-17(18)22-15/h3-4,9,11-12H,5-8,10H2,1-2H3,(H3,18,19,21,22). The molecular formula is C17H24N6. The third-order valence-electron chi connectivity index (χ3n) is 4.26. The SMILES string of the molecule is Cc1cc(NCc2ccc(N3CCC(C)CC3)nc2)nc(N)n1. The normalized spacial score (nSPS) is 15.7. The molecule has 122 valence electrons. The number of hydrogen-bond acceptors (Lipinski definition) is 6. The second kappa shape index (κ2) is 6.81. The molecule has 6 heteroatoms. The van der Waals surface area contributed by atoms with Crippen molar-refractivity contribution in [1.29, 1.82) is 0 Å². The molecule has 0 atom stereocenters. The van der Waals surface area contributed by atoms with E-state index in [1.165, 1.54) is 12.8 Å². The minimum absolute atomic E-state index is 0.292. The van der Waals surface area contributed by atoms with Gasteiger partial charge in [0.2, 0.25) is 5.95 Å². The zero-order valence-electron chi connectivity index (χ0n) is 13.8. The molecule has 1 saturated heterocycles. The topological polar surface area (TPSA) is 80.0 Å². The molecule has 23 heavy (non-hydrogen) atoms. The first-order valence-electron chi connectivity index (χ1n) is 8.15. The quantitative estimate of drug-likeness (QED) is 0.903. The molecule has 2 aromatic heterocycles. The fourth-order valence-corrected chi connectivity index (χ4v) is 2.82. The first-order chi connectivity index (χ1) is 11.1. The molecule has 0 amide bonds. The Morgan fingerprint density at radius 1 is 1.26 bits per heavy atom. The molecule has 0 aliphatic carbocycles. The molecule has 1 aliphatic rings. The number of nitrogens with zero attached hydrogens (tertiary/aromatic N) is 4. The third-order valence-corrected chi connectivity index (χ3v) is 4.26. The van der Waals surface area contributed by atoms with E-state index in [9.17, 15) is 0 Å². The Bertz CT molecular complexity index is 626. The van der Waals surface area contributed by atoms with E-state index in [-0.39, 0.29) is 0 Å². The smallest absolute Gasteiger partial charge is 0.222 e. The predicted octanol–water partition coefficient (Wildman–Crippen LogP) is 2.61. The molecule has 0 spiro atoms. The van der Waals surface area contributed by atoms with Crippen molar-refractivity contribution in [3.63, 3.8) is 0 Å². The highest BCUT2D eigenvalue weighted by Crippen LogP contribution is 2.21. The Balaban J connectivity index is 1.59. The lowest BCUT2D eigenvalue weighted by atomic mass is 9.99. The summed E-state index contributed by atoms with van der Waals surface area (Å²) in [7, 11) is 0. The number of rotatable bonds is 4. The summed E-state index contributed by atoms with van der Waals surface area (Å²) in [4.78, 5) is 15.2. The van der Waals surface area contributed by atoms with Crippen molar-refractivity contribution in [3.05, 3.63) is 35.7 Å². The van der Waals surface area contributed by atoms with Crippen LogP contribution in [-0.4, -0.2) is 28.0 Å². The van der Waals surface area contributed by atoms with Crippen molar-refractivity contribution in [1.82, 2.24) is 15.0 Å². The van der Waals surface area contributed by atoms with Crippen LogP contribution in [0.25, 0.3) is 0 Å². The van der Waals surface area contributed by atoms with Crippen molar-refractivity contribution in [2.75, 3.05) is 29.0 Å². The van der Waals surface area contributed by atoms with E-state index in [1.54, 1.807) is 0 Å². The van der Waals surface area contributed by atoms with Crippen molar-refractivity contribution in [3.8, 4) is 0 Å². The molecule has 3 N–H and O–H groups in total. The van der Waals surface area contributed by atoms with Gasteiger partial charge in [0.05, 0.1) is 0 Å². The number of nitrogen functional groups attached to an aromatic ring is 1. The molecule has 0 saturated carbocycles. The van der Waals surface area contributed by atoms with Gasteiger partial charge in [-0.15, -0.1) is 0 Å². The zero-order chi connectivity index (χ0) is 16.2. The number of pyridine rings is 1. The molecule has 1 aliphatic heterocycles. The number of hydrogen-bond donors (Lipinski definition) is 2. The molecule has 0 unspecified atom stereocenters. The van der Waals surface area contributed by atoms with Crippen LogP contribution in [0.5, 0.6) is 0 Å². The molecule has 0 aromatic carbocycles. The Morgan fingerprint density at radius 2 is 2.04 bits per heavy atom. The van der Waals surface area contributed by atoms with Crippen LogP contribution < -0.4 is 16.0 Å². The van der Waals surface area contributed by atoms with E-state index in [0.29, 0.717) is 12.5 Å². The lowest BCUT2D eigenvalue weighted by molar-refractivity contribution is 0.436. The summed E-state index contributed by atoms with van der Waals surface area (Å²) in [6.45, 7) is 7.09. The second-order valence-corrected chi connectivity index (χ2v) is 6.30. The number of aryl methyl sites for hydroxylation is 1. The van der Waals surface area contributed by atoms with E-state index in [1.807, 2.05) is 19.2 Å². The van der Waals surface area contributed by atoms with Gasteiger partial charge in [-0.1, -0.05) is 13.0 Å². The number of piperidine rings is 1. The summed E-state index contributed by atoms with van der Waals surface area (Å²) >= 11 is 0. The van der Waals surface area contributed by atoms with Gasteiger partial charge in [0, 0.05) is 37.6 Å². The van der Waals surface area contributed by atoms with E-state index in [0.717, 1.165) is 41.9 Å². The Morgan fingerprint density at radius 3 is 2.70 bits per heavy atom. The lowest BCUT2D eigenvalue weighted by Crippen LogP contribution is -2.33. The third kappa shape index (κ3) is 4.09. The van der Waals surface area contributed by atoms with Crippen LogP contribution >= 0.6 is 0 Å². The van der Waals surface area contributed by atoms with Gasteiger partial charge in [-0.05, 0) is 37.3 Å². The van der Waals surface area contributed by atoms with Crippen LogP contribution in [0.2, 0.25) is 0 Å². The van der Waals surface area contributed by atoms with E-state index in [2.05, 4.69) is 44.2 Å². The van der Waals surface area contributed by atoms with E-state index >= 15 is 0 Å². The van der Waals surface area contributed by atoms with Gasteiger partial charge >= 0.3 is 0 Å². The average molecular weight is 312 g/mol. The first kappa shape index (κ1) is 15.5. The molecule has 2 aromatic rings. The highest BCUT2D eigenvalue weighted by Gasteiger charge is 2.16. The summed E-state index contributed by atoms with van der Waals surface area (Å²) in [5.74, 6) is 2.94. The van der Waals surface area contributed by atoms with Gasteiger partial charge in [0.15, 0.2) is 0 Å². The molecule has 0 bridgehead atoms. The predicted molar refractivity (Wildman–Crippen MR) is 93.4 cm³/mol. The molecule has 1 fully saturated rings. The maximum atomic E-state index is 5.66. The summed E-state index contributed by atoms with van der Waals surface area (Å²) in [5, 5.41) is 3.26. The van der Waals surface area contributed by atoms with Gasteiger partial charge in [0.25, 0.3) is 0 Å². The molecule has 3 heterocycles. The Kier molecular flexibility index (Phi) is 4.60. The van der Waals surface area contributed by atoms with Crippen molar-refractivity contribution < 1.29 is 0 Å². The number of aromatic nitrogens is 3. The summed E-state index contributed by atoms with van der Waals surface area (Å²) < 4.78 is 0. The van der Waals surface area contributed by atoms with Crippen molar-refractivity contribution in [2.45, 2.75) is 33.2 Å². The average Bonchev–Trinajstić information content (AvgIpc) is 2.53. The summed E-state index contributed by atoms with van der Waals surface area (Å²) in [6, 6.07) is 6.10. The van der Waals surface area contributed by atoms with Gasteiger partial charge in [-0.25, -0.2) is 9.97 Å². The number of nitrogens with one attached hydrogen (secondary N) is 1. The van der Waals surface area contributed by atoms with Crippen LogP contribution in [-0.2, 0) is 6.54 Å². The van der Waals surface area contributed by atoms with Crippen LogP contribution in [0.4, 0.5) is 17.6 Å². The fourth-order valence-electron chi connectivity index (χ4n) is 2.82. The largest absolute Gasteiger partial charge is 0.368 e. The highest BCUT2D eigenvalue weighted by molar-refractivity contribution is 5.43. The lowest BCUT2D eigenvalue weighted by Gasteiger charge is -2.31. The van der Waals surface area contributed by atoms with E-state index < -0.39 is 0 Å². The highest BCUT2D eigenvalue weighted by atomic mass is 15.2. The van der Waals surface area contributed by atoms with Crippen LogP contribution in [0.3, 0.4) is 0 Å². The van der Waals surface area contributed by atoms with E-state index in [4.69, 9.17) is 5.73 Å². The summed E-state index contributed by atoms with van der Waals surface area (Å²) in [6.07, 6.45) is 4.43. The first-order valence-corrected chi connectivity index (χ1v) is 8.15. The van der Waals surface area contributed by atoms with Gasteiger partial charge in [-0.3, -0.25) is 0 Å². The van der Waals surface area contributed by atoms with Gasteiger partial charge in [-0.2, -0.15) is 4.98 Å². The van der Waals surface area contributed by atoms with Gasteiger partial charge < -0.3 is 16.0 Å². The molecule has 0 radical (unpaired) electrons.